The van der Waals surface area contributed by atoms with E-state index in [1.807, 2.05) is 0 Å². The summed E-state index contributed by atoms with van der Waals surface area (Å²) in [6.07, 6.45) is 0.904. The molecule has 3 N–H and O–H groups in total. The molecule has 0 radical (unpaired) electrons. The zero-order chi connectivity index (χ0) is 15.6. The van der Waals surface area contributed by atoms with Crippen molar-refractivity contribution in [3.63, 3.8) is 0 Å². The molecule has 0 spiro atoms. The van der Waals surface area contributed by atoms with Gasteiger partial charge in [0.05, 0.1) is 6.04 Å². The topological polar surface area (TPSA) is 38.0 Å². The number of aryl methyl sites for hydroxylation is 5. The summed E-state index contributed by atoms with van der Waals surface area (Å²) in [6.45, 7) is 10.8. The second-order valence-electron chi connectivity index (χ2n) is 6.14. The van der Waals surface area contributed by atoms with Crippen molar-refractivity contribution >= 4 is 0 Å². The van der Waals surface area contributed by atoms with Gasteiger partial charge in [0.25, 0.3) is 0 Å². The largest absolute Gasteiger partial charge is 0.271 e. The van der Waals surface area contributed by atoms with E-state index in [-0.39, 0.29) is 6.04 Å². The second kappa shape index (κ2) is 6.42. The molecule has 0 saturated heterocycles. The lowest BCUT2D eigenvalue weighted by Crippen LogP contribution is -2.30. The van der Waals surface area contributed by atoms with Crippen molar-refractivity contribution in [2.45, 2.75) is 47.1 Å². The molecule has 2 aromatic rings. The van der Waals surface area contributed by atoms with Crippen LogP contribution in [0.2, 0.25) is 0 Å². The minimum Gasteiger partial charge on any atom is -0.271 e. The normalized spacial score (nSPS) is 12.5. The molecule has 0 aliphatic heterocycles. The van der Waals surface area contributed by atoms with E-state index in [1.165, 1.54) is 38.9 Å². The molecule has 0 amide bonds. The van der Waals surface area contributed by atoms with Crippen LogP contribution in [0.3, 0.4) is 0 Å². The van der Waals surface area contributed by atoms with Crippen LogP contribution >= 0.6 is 0 Å². The zero-order valence-corrected chi connectivity index (χ0v) is 13.7. The predicted molar refractivity (Wildman–Crippen MR) is 90.3 cm³/mol. The van der Waals surface area contributed by atoms with E-state index in [2.05, 4.69) is 70.4 Å². The van der Waals surface area contributed by atoms with E-state index in [9.17, 15) is 0 Å². The summed E-state index contributed by atoms with van der Waals surface area (Å²) in [5.74, 6) is 5.83. The van der Waals surface area contributed by atoms with Gasteiger partial charge in [-0.15, -0.1) is 0 Å². The summed E-state index contributed by atoms with van der Waals surface area (Å²) in [4.78, 5) is 0. The first-order valence-corrected chi connectivity index (χ1v) is 7.52. The summed E-state index contributed by atoms with van der Waals surface area (Å²) in [5.41, 5.74) is 12.2. The second-order valence-corrected chi connectivity index (χ2v) is 6.14. The third kappa shape index (κ3) is 3.52. The molecule has 0 bridgehead atoms. The van der Waals surface area contributed by atoms with Crippen molar-refractivity contribution in [1.82, 2.24) is 5.43 Å². The Labute approximate surface area is 128 Å². The van der Waals surface area contributed by atoms with Gasteiger partial charge in [-0.2, -0.15) is 0 Å². The van der Waals surface area contributed by atoms with Crippen LogP contribution in [0.4, 0.5) is 0 Å². The van der Waals surface area contributed by atoms with Crippen LogP contribution in [0.25, 0.3) is 0 Å². The molecule has 112 valence electrons. The highest BCUT2D eigenvalue weighted by Gasteiger charge is 2.14. The fourth-order valence-corrected chi connectivity index (χ4v) is 2.78. The van der Waals surface area contributed by atoms with Crippen LogP contribution in [0, 0.1) is 34.6 Å². The molecule has 0 aromatic heterocycles. The van der Waals surface area contributed by atoms with E-state index in [4.69, 9.17) is 5.84 Å². The molecule has 2 rings (SSSR count). The summed E-state index contributed by atoms with van der Waals surface area (Å²) in [7, 11) is 0. The molecule has 0 heterocycles. The van der Waals surface area contributed by atoms with Gasteiger partial charge < -0.3 is 0 Å². The summed E-state index contributed by atoms with van der Waals surface area (Å²) >= 11 is 0. The number of hydrogen-bond donors (Lipinski definition) is 2. The lowest BCUT2D eigenvalue weighted by atomic mass is 9.91. The van der Waals surface area contributed by atoms with Crippen molar-refractivity contribution in [2.75, 3.05) is 0 Å². The van der Waals surface area contributed by atoms with E-state index in [0.29, 0.717) is 0 Å². The van der Waals surface area contributed by atoms with Crippen LogP contribution in [0.15, 0.2) is 30.3 Å². The standard InChI is InChI=1S/C19H26N2/c1-12-6-7-17(9-14(12)3)11-19(21-20)18-10-15(4)13(2)8-16(18)5/h6-10,19,21H,11,20H2,1-5H3. The van der Waals surface area contributed by atoms with Crippen LogP contribution in [0.1, 0.15) is 45.0 Å². The van der Waals surface area contributed by atoms with Gasteiger partial charge in [-0.3, -0.25) is 11.3 Å². The Hall–Kier alpha value is -1.64. The number of benzene rings is 2. The summed E-state index contributed by atoms with van der Waals surface area (Å²) in [5, 5.41) is 0. The maximum Gasteiger partial charge on any atom is 0.0503 e. The van der Waals surface area contributed by atoms with Gasteiger partial charge in [0.15, 0.2) is 0 Å². The minimum absolute atomic E-state index is 0.145. The quantitative estimate of drug-likeness (QED) is 0.657. The Morgan fingerprint density at radius 2 is 1.43 bits per heavy atom. The third-order valence-corrected chi connectivity index (χ3v) is 4.47. The maximum atomic E-state index is 5.83. The van der Waals surface area contributed by atoms with Gasteiger partial charge in [0.2, 0.25) is 0 Å². The Balaban J connectivity index is 2.31. The van der Waals surface area contributed by atoms with E-state index < -0.39 is 0 Å². The first-order chi connectivity index (χ1) is 9.92. The lowest BCUT2D eigenvalue weighted by Gasteiger charge is -2.20. The van der Waals surface area contributed by atoms with Gasteiger partial charge in [-0.25, -0.2) is 0 Å². The highest BCUT2D eigenvalue weighted by Crippen LogP contribution is 2.25. The van der Waals surface area contributed by atoms with Crippen LogP contribution in [-0.4, -0.2) is 0 Å². The molecular weight excluding hydrogens is 256 g/mol. The Morgan fingerprint density at radius 1 is 0.810 bits per heavy atom. The number of rotatable bonds is 4. The average Bonchev–Trinajstić information content (AvgIpc) is 2.44. The van der Waals surface area contributed by atoms with E-state index >= 15 is 0 Å². The zero-order valence-electron chi connectivity index (χ0n) is 13.7. The molecule has 0 fully saturated rings. The highest BCUT2D eigenvalue weighted by molar-refractivity contribution is 5.39. The lowest BCUT2D eigenvalue weighted by molar-refractivity contribution is 0.549. The SMILES string of the molecule is Cc1ccc(CC(NN)c2cc(C)c(C)cc2C)cc1C. The molecule has 2 nitrogen and oxygen atoms in total. The molecule has 1 unspecified atom stereocenters. The predicted octanol–water partition coefficient (Wildman–Crippen LogP) is 3.98. The van der Waals surface area contributed by atoms with Gasteiger partial charge in [0.1, 0.15) is 0 Å². The fourth-order valence-electron chi connectivity index (χ4n) is 2.78. The average molecular weight is 282 g/mol. The van der Waals surface area contributed by atoms with E-state index in [1.54, 1.807) is 0 Å². The third-order valence-electron chi connectivity index (χ3n) is 4.47. The molecule has 2 heteroatoms. The molecule has 0 saturated carbocycles. The summed E-state index contributed by atoms with van der Waals surface area (Å²) in [6, 6.07) is 11.3. The monoisotopic (exact) mass is 282 g/mol. The number of nitrogens with two attached hydrogens (primary N) is 1. The fraction of sp³-hybridized carbons (Fsp3) is 0.368. The van der Waals surface area contributed by atoms with Gasteiger partial charge in [-0.05, 0) is 80.0 Å². The van der Waals surface area contributed by atoms with Crippen molar-refractivity contribution < 1.29 is 0 Å². The smallest absolute Gasteiger partial charge is 0.0503 e. The molecule has 0 aliphatic rings. The highest BCUT2D eigenvalue weighted by atomic mass is 15.2. The van der Waals surface area contributed by atoms with Crippen LogP contribution < -0.4 is 11.3 Å². The molecular formula is C19H26N2. The number of hydrazine groups is 1. The summed E-state index contributed by atoms with van der Waals surface area (Å²) < 4.78 is 0. The van der Waals surface area contributed by atoms with Crippen LogP contribution in [0.5, 0.6) is 0 Å². The molecule has 21 heavy (non-hydrogen) atoms. The van der Waals surface area contributed by atoms with E-state index in [0.717, 1.165) is 6.42 Å². The van der Waals surface area contributed by atoms with Crippen molar-refractivity contribution in [3.05, 3.63) is 69.3 Å². The van der Waals surface area contributed by atoms with Crippen molar-refractivity contribution in [2.24, 2.45) is 5.84 Å². The van der Waals surface area contributed by atoms with Gasteiger partial charge >= 0.3 is 0 Å². The number of hydrogen-bond acceptors (Lipinski definition) is 2. The van der Waals surface area contributed by atoms with Crippen molar-refractivity contribution in [1.29, 1.82) is 0 Å². The van der Waals surface area contributed by atoms with Crippen LogP contribution in [-0.2, 0) is 6.42 Å². The molecule has 0 aliphatic carbocycles. The first-order valence-electron chi connectivity index (χ1n) is 7.52. The molecule has 1 atom stereocenters. The maximum absolute atomic E-state index is 5.83. The Morgan fingerprint density at radius 3 is 2.05 bits per heavy atom. The Kier molecular flexibility index (Phi) is 4.81. The number of nitrogens with one attached hydrogen (secondary N) is 1. The first kappa shape index (κ1) is 15.7. The van der Waals surface area contributed by atoms with Gasteiger partial charge in [0, 0.05) is 0 Å². The Bertz CT molecular complexity index is 644. The molecule has 2 aromatic carbocycles. The minimum atomic E-state index is 0.145. The van der Waals surface area contributed by atoms with Gasteiger partial charge in [-0.1, -0.05) is 30.3 Å². The van der Waals surface area contributed by atoms with Crippen molar-refractivity contribution in [3.8, 4) is 0 Å².